The first-order valence-corrected chi connectivity index (χ1v) is 7.45. The summed E-state index contributed by atoms with van der Waals surface area (Å²) in [7, 11) is 0. The van der Waals surface area contributed by atoms with Crippen molar-refractivity contribution in [3.63, 3.8) is 0 Å². The Hall–Kier alpha value is -1.52. The first kappa shape index (κ1) is 13.5. The number of hydrogen-bond donors (Lipinski definition) is 1. The van der Waals surface area contributed by atoms with Crippen LogP contribution in [0.25, 0.3) is 0 Å². The molecule has 1 aliphatic rings. The van der Waals surface area contributed by atoms with E-state index in [-0.39, 0.29) is 0 Å². The van der Waals surface area contributed by atoms with Crippen molar-refractivity contribution < 1.29 is 9.47 Å². The molecule has 0 atom stereocenters. The Kier molecular flexibility index (Phi) is 4.23. The summed E-state index contributed by atoms with van der Waals surface area (Å²) in [6.07, 6.45) is 0. The van der Waals surface area contributed by atoms with Crippen LogP contribution in [-0.2, 0) is 13.1 Å². The van der Waals surface area contributed by atoms with Crippen molar-refractivity contribution in [2.75, 3.05) is 13.2 Å². The van der Waals surface area contributed by atoms with E-state index in [1.165, 1.54) is 11.1 Å². The number of nitrogens with one attached hydrogen (secondary N) is 1. The number of rotatable bonds is 4. The third kappa shape index (κ3) is 3.14. The van der Waals surface area contributed by atoms with E-state index in [1.807, 2.05) is 24.3 Å². The lowest BCUT2D eigenvalue weighted by molar-refractivity contribution is 0.171. The van der Waals surface area contributed by atoms with Crippen molar-refractivity contribution in [1.82, 2.24) is 5.32 Å². The summed E-state index contributed by atoms with van der Waals surface area (Å²) in [6, 6.07) is 14.3. The highest BCUT2D eigenvalue weighted by Crippen LogP contribution is 2.30. The Morgan fingerprint density at radius 3 is 2.60 bits per heavy atom. The predicted octanol–water partition coefficient (Wildman–Crippen LogP) is 3.51. The quantitative estimate of drug-likeness (QED) is 0.928. The fourth-order valence-electron chi connectivity index (χ4n) is 2.18. The van der Waals surface area contributed by atoms with Crippen molar-refractivity contribution in [2.45, 2.75) is 13.1 Å². The first-order valence-electron chi connectivity index (χ1n) is 6.65. The average Bonchev–Trinajstić information content (AvgIpc) is 2.49. The summed E-state index contributed by atoms with van der Waals surface area (Å²) in [5, 5.41) is 3.44. The molecule has 0 saturated heterocycles. The van der Waals surface area contributed by atoms with E-state index in [1.54, 1.807) is 0 Å². The van der Waals surface area contributed by atoms with Crippen LogP contribution in [0, 0.1) is 0 Å². The molecular formula is C16H16BrNO2. The van der Waals surface area contributed by atoms with E-state index in [2.05, 4.69) is 39.4 Å². The Morgan fingerprint density at radius 1 is 0.950 bits per heavy atom. The zero-order chi connectivity index (χ0) is 13.8. The predicted molar refractivity (Wildman–Crippen MR) is 82.1 cm³/mol. The van der Waals surface area contributed by atoms with Crippen molar-refractivity contribution >= 4 is 15.9 Å². The van der Waals surface area contributed by atoms with Crippen LogP contribution in [0.2, 0.25) is 0 Å². The summed E-state index contributed by atoms with van der Waals surface area (Å²) in [6.45, 7) is 2.89. The Morgan fingerprint density at radius 2 is 1.75 bits per heavy atom. The van der Waals surface area contributed by atoms with E-state index in [9.17, 15) is 0 Å². The van der Waals surface area contributed by atoms with Gasteiger partial charge in [-0.1, -0.05) is 40.2 Å². The van der Waals surface area contributed by atoms with Crippen LogP contribution in [0.4, 0.5) is 0 Å². The second-order valence-electron chi connectivity index (χ2n) is 4.67. The molecule has 0 bridgehead atoms. The number of hydrogen-bond acceptors (Lipinski definition) is 3. The lowest BCUT2D eigenvalue weighted by atomic mass is 10.2. The maximum Gasteiger partial charge on any atom is 0.161 e. The van der Waals surface area contributed by atoms with Crippen LogP contribution < -0.4 is 14.8 Å². The summed E-state index contributed by atoms with van der Waals surface area (Å²) in [5.41, 5.74) is 2.45. The fraction of sp³-hybridized carbons (Fsp3) is 0.250. The number of halogens is 1. The first-order chi connectivity index (χ1) is 9.83. The molecule has 1 heterocycles. The minimum absolute atomic E-state index is 0.626. The maximum atomic E-state index is 5.59. The standard InChI is InChI=1S/C16H16BrNO2/c17-14-4-2-1-3-13(14)11-18-10-12-5-6-15-16(9-12)20-8-7-19-15/h1-6,9,18H,7-8,10-11H2. The van der Waals surface area contributed by atoms with E-state index in [0.717, 1.165) is 29.1 Å². The molecule has 1 aliphatic heterocycles. The second kappa shape index (κ2) is 6.29. The molecule has 2 aromatic rings. The number of ether oxygens (including phenoxy) is 2. The molecule has 0 fully saturated rings. The van der Waals surface area contributed by atoms with Crippen molar-refractivity contribution in [1.29, 1.82) is 0 Å². The highest BCUT2D eigenvalue weighted by Gasteiger charge is 2.11. The van der Waals surface area contributed by atoms with Crippen LogP contribution in [0.15, 0.2) is 46.9 Å². The molecule has 3 rings (SSSR count). The number of fused-ring (bicyclic) bond motifs is 1. The molecule has 2 aromatic carbocycles. The summed E-state index contributed by atoms with van der Waals surface area (Å²) >= 11 is 3.56. The summed E-state index contributed by atoms with van der Waals surface area (Å²) in [5.74, 6) is 1.68. The smallest absolute Gasteiger partial charge is 0.161 e. The van der Waals surface area contributed by atoms with Crippen LogP contribution in [0.1, 0.15) is 11.1 Å². The van der Waals surface area contributed by atoms with E-state index in [0.29, 0.717) is 13.2 Å². The van der Waals surface area contributed by atoms with Gasteiger partial charge in [-0.2, -0.15) is 0 Å². The van der Waals surface area contributed by atoms with E-state index >= 15 is 0 Å². The summed E-state index contributed by atoms with van der Waals surface area (Å²) < 4.78 is 12.2. The van der Waals surface area contributed by atoms with Gasteiger partial charge in [-0.15, -0.1) is 0 Å². The third-order valence-electron chi connectivity index (χ3n) is 3.21. The van der Waals surface area contributed by atoms with Gasteiger partial charge < -0.3 is 14.8 Å². The molecule has 3 nitrogen and oxygen atoms in total. The largest absolute Gasteiger partial charge is 0.486 e. The fourth-order valence-corrected chi connectivity index (χ4v) is 2.61. The SMILES string of the molecule is Brc1ccccc1CNCc1ccc2c(c1)OCCO2. The molecule has 0 radical (unpaired) electrons. The van der Waals surface area contributed by atoms with Crippen molar-refractivity contribution in [3.05, 3.63) is 58.1 Å². The van der Waals surface area contributed by atoms with Gasteiger partial charge in [0.05, 0.1) is 0 Å². The third-order valence-corrected chi connectivity index (χ3v) is 3.98. The van der Waals surface area contributed by atoms with Crippen LogP contribution in [0.3, 0.4) is 0 Å². The molecule has 20 heavy (non-hydrogen) atoms. The lowest BCUT2D eigenvalue weighted by Crippen LogP contribution is -2.16. The van der Waals surface area contributed by atoms with E-state index in [4.69, 9.17) is 9.47 Å². The molecule has 0 saturated carbocycles. The topological polar surface area (TPSA) is 30.5 Å². The van der Waals surface area contributed by atoms with Crippen molar-refractivity contribution in [2.24, 2.45) is 0 Å². The Balaban J connectivity index is 1.60. The summed E-state index contributed by atoms with van der Waals surface area (Å²) in [4.78, 5) is 0. The van der Waals surface area contributed by atoms with Gasteiger partial charge in [-0.25, -0.2) is 0 Å². The van der Waals surface area contributed by atoms with Gasteiger partial charge in [0.15, 0.2) is 11.5 Å². The van der Waals surface area contributed by atoms with E-state index < -0.39 is 0 Å². The molecule has 104 valence electrons. The Bertz CT molecular complexity index is 601. The van der Waals surface area contributed by atoms with Crippen molar-refractivity contribution in [3.8, 4) is 11.5 Å². The zero-order valence-corrected chi connectivity index (χ0v) is 12.7. The second-order valence-corrected chi connectivity index (χ2v) is 5.53. The van der Waals surface area contributed by atoms with Crippen LogP contribution in [0.5, 0.6) is 11.5 Å². The highest BCUT2D eigenvalue weighted by atomic mass is 79.9. The Labute approximate surface area is 127 Å². The molecule has 0 aromatic heterocycles. The minimum atomic E-state index is 0.626. The van der Waals surface area contributed by atoms with Gasteiger partial charge in [0.2, 0.25) is 0 Å². The molecule has 0 unspecified atom stereocenters. The number of benzene rings is 2. The van der Waals surface area contributed by atoms with Gasteiger partial charge in [-0.05, 0) is 29.3 Å². The minimum Gasteiger partial charge on any atom is -0.486 e. The average molecular weight is 334 g/mol. The zero-order valence-electron chi connectivity index (χ0n) is 11.1. The molecule has 0 amide bonds. The highest BCUT2D eigenvalue weighted by molar-refractivity contribution is 9.10. The molecule has 0 aliphatic carbocycles. The maximum absolute atomic E-state index is 5.59. The van der Waals surface area contributed by atoms with Gasteiger partial charge in [0.1, 0.15) is 13.2 Å². The van der Waals surface area contributed by atoms with Gasteiger partial charge in [-0.3, -0.25) is 0 Å². The van der Waals surface area contributed by atoms with Crippen LogP contribution in [-0.4, -0.2) is 13.2 Å². The monoisotopic (exact) mass is 333 g/mol. The molecular weight excluding hydrogens is 318 g/mol. The lowest BCUT2D eigenvalue weighted by Gasteiger charge is -2.19. The van der Waals surface area contributed by atoms with Crippen LogP contribution >= 0.6 is 15.9 Å². The molecule has 0 spiro atoms. The molecule has 4 heteroatoms. The van der Waals surface area contributed by atoms with Gasteiger partial charge in [0, 0.05) is 17.6 Å². The normalized spacial score (nSPS) is 13.2. The van der Waals surface area contributed by atoms with Gasteiger partial charge >= 0.3 is 0 Å². The van der Waals surface area contributed by atoms with Gasteiger partial charge in [0.25, 0.3) is 0 Å². The molecule has 1 N–H and O–H groups in total.